The van der Waals surface area contributed by atoms with Crippen molar-refractivity contribution in [2.24, 2.45) is 0 Å². The maximum atomic E-state index is 12.0. The van der Waals surface area contributed by atoms with Crippen LogP contribution in [0, 0.1) is 0 Å². The Morgan fingerprint density at radius 1 is 1.08 bits per heavy atom. The standard InChI is InChI=1S/C20H24ClNO3S/c1-24-18-8-6-15(13-19(18)25-2)7-9-20(23)22-10-11-26-14-16-4-3-5-17(21)12-16/h3-6,8,12-13H,7,9-11,14H2,1-2H3,(H,22,23). The Kier molecular flexibility index (Phi) is 8.65. The van der Waals surface area contributed by atoms with Crippen molar-refractivity contribution in [1.82, 2.24) is 5.32 Å². The molecule has 0 heterocycles. The van der Waals surface area contributed by atoms with Gasteiger partial charge in [0.2, 0.25) is 5.91 Å². The molecule has 1 N–H and O–H groups in total. The first-order chi connectivity index (χ1) is 12.6. The summed E-state index contributed by atoms with van der Waals surface area (Å²) in [6.07, 6.45) is 1.12. The monoisotopic (exact) mass is 393 g/mol. The number of hydrogen-bond donors (Lipinski definition) is 1. The molecule has 4 nitrogen and oxygen atoms in total. The number of ether oxygens (including phenoxy) is 2. The molecule has 0 aliphatic carbocycles. The van der Waals surface area contributed by atoms with E-state index in [-0.39, 0.29) is 5.91 Å². The van der Waals surface area contributed by atoms with Crippen molar-refractivity contribution in [1.29, 1.82) is 0 Å². The molecule has 0 aliphatic rings. The van der Waals surface area contributed by atoms with Gasteiger partial charge in [-0.05, 0) is 41.8 Å². The molecule has 0 radical (unpaired) electrons. The van der Waals surface area contributed by atoms with Crippen LogP contribution in [0.3, 0.4) is 0 Å². The van der Waals surface area contributed by atoms with E-state index >= 15 is 0 Å². The Labute approximate surface area is 164 Å². The predicted molar refractivity (Wildman–Crippen MR) is 108 cm³/mol. The minimum atomic E-state index is 0.0585. The van der Waals surface area contributed by atoms with Crippen molar-refractivity contribution in [2.75, 3.05) is 26.5 Å². The molecule has 0 spiro atoms. The molecular formula is C20H24ClNO3S. The van der Waals surface area contributed by atoms with Gasteiger partial charge in [-0.2, -0.15) is 11.8 Å². The fourth-order valence-electron chi connectivity index (χ4n) is 2.46. The zero-order valence-corrected chi connectivity index (χ0v) is 16.7. The van der Waals surface area contributed by atoms with Gasteiger partial charge in [-0.3, -0.25) is 4.79 Å². The minimum Gasteiger partial charge on any atom is -0.493 e. The van der Waals surface area contributed by atoms with Crippen molar-refractivity contribution in [3.05, 3.63) is 58.6 Å². The first-order valence-electron chi connectivity index (χ1n) is 8.42. The quantitative estimate of drug-likeness (QED) is 0.610. The number of thioether (sulfide) groups is 1. The number of aryl methyl sites for hydroxylation is 1. The second kappa shape index (κ2) is 11.0. The molecule has 0 saturated heterocycles. The van der Waals surface area contributed by atoms with Gasteiger partial charge in [-0.15, -0.1) is 0 Å². The van der Waals surface area contributed by atoms with Crippen LogP contribution in [0.2, 0.25) is 5.02 Å². The van der Waals surface area contributed by atoms with Gasteiger partial charge in [0.1, 0.15) is 0 Å². The summed E-state index contributed by atoms with van der Waals surface area (Å²) in [4.78, 5) is 12.0. The van der Waals surface area contributed by atoms with E-state index in [0.29, 0.717) is 30.9 Å². The van der Waals surface area contributed by atoms with Crippen LogP contribution in [0.5, 0.6) is 11.5 Å². The molecule has 1 amide bonds. The number of rotatable bonds is 10. The van der Waals surface area contributed by atoms with Crippen molar-refractivity contribution < 1.29 is 14.3 Å². The molecule has 0 fully saturated rings. The van der Waals surface area contributed by atoms with E-state index in [1.54, 1.807) is 26.0 Å². The molecule has 0 unspecified atom stereocenters. The summed E-state index contributed by atoms with van der Waals surface area (Å²) in [6, 6.07) is 13.6. The van der Waals surface area contributed by atoms with Crippen molar-refractivity contribution in [3.8, 4) is 11.5 Å². The highest BCUT2D eigenvalue weighted by Gasteiger charge is 2.07. The van der Waals surface area contributed by atoms with Crippen LogP contribution in [0.25, 0.3) is 0 Å². The number of nitrogens with one attached hydrogen (secondary N) is 1. The summed E-state index contributed by atoms with van der Waals surface area (Å²) in [6.45, 7) is 0.663. The SMILES string of the molecule is COc1ccc(CCC(=O)NCCSCc2cccc(Cl)c2)cc1OC. The number of amides is 1. The molecule has 26 heavy (non-hydrogen) atoms. The smallest absolute Gasteiger partial charge is 0.220 e. The normalized spacial score (nSPS) is 10.4. The Bertz CT molecular complexity index is 724. The maximum absolute atomic E-state index is 12.0. The van der Waals surface area contributed by atoms with E-state index in [0.717, 1.165) is 22.1 Å². The molecule has 0 aliphatic heterocycles. The van der Waals surface area contributed by atoms with Gasteiger partial charge >= 0.3 is 0 Å². The number of hydrogen-bond acceptors (Lipinski definition) is 4. The largest absolute Gasteiger partial charge is 0.493 e. The van der Waals surface area contributed by atoms with E-state index in [2.05, 4.69) is 11.4 Å². The number of benzene rings is 2. The van der Waals surface area contributed by atoms with E-state index in [9.17, 15) is 4.79 Å². The summed E-state index contributed by atoms with van der Waals surface area (Å²) >= 11 is 7.74. The molecule has 0 bridgehead atoms. The third-order valence-corrected chi connectivity index (χ3v) is 5.08. The average molecular weight is 394 g/mol. The maximum Gasteiger partial charge on any atom is 0.220 e. The summed E-state index contributed by atoms with van der Waals surface area (Å²) in [5.41, 5.74) is 2.25. The van der Waals surface area contributed by atoms with Gasteiger partial charge in [-0.25, -0.2) is 0 Å². The number of carbonyl (C=O) groups excluding carboxylic acids is 1. The van der Waals surface area contributed by atoms with Crippen LogP contribution in [0.15, 0.2) is 42.5 Å². The van der Waals surface area contributed by atoms with E-state index < -0.39 is 0 Å². The lowest BCUT2D eigenvalue weighted by atomic mass is 10.1. The van der Waals surface area contributed by atoms with Crippen molar-refractivity contribution in [2.45, 2.75) is 18.6 Å². The Morgan fingerprint density at radius 3 is 2.62 bits per heavy atom. The molecule has 140 valence electrons. The highest BCUT2D eigenvalue weighted by atomic mass is 35.5. The topological polar surface area (TPSA) is 47.6 Å². The lowest BCUT2D eigenvalue weighted by Gasteiger charge is -2.10. The van der Waals surface area contributed by atoms with Crippen molar-refractivity contribution in [3.63, 3.8) is 0 Å². The zero-order valence-electron chi connectivity index (χ0n) is 15.1. The van der Waals surface area contributed by atoms with Crippen LogP contribution in [-0.4, -0.2) is 32.4 Å². The predicted octanol–water partition coefficient (Wildman–Crippen LogP) is 4.34. The van der Waals surface area contributed by atoms with Gasteiger partial charge in [0.25, 0.3) is 0 Å². The van der Waals surface area contributed by atoms with Gasteiger partial charge in [0, 0.05) is 29.5 Å². The lowest BCUT2D eigenvalue weighted by Crippen LogP contribution is -2.25. The van der Waals surface area contributed by atoms with Crippen LogP contribution in [0.4, 0.5) is 0 Å². The third-order valence-electron chi connectivity index (χ3n) is 3.82. The average Bonchev–Trinajstić information content (AvgIpc) is 2.65. The first kappa shape index (κ1) is 20.5. The molecule has 2 aromatic carbocycles. The fraction of sp³-hybridized carbons (Fsp3) is 0.350. The van der Waals surface area contributed by atoms with E-state index in [1.807, 2.05) is 36.4 Å². The summed E-state index contributed by atoms with van der Waals surface area (Å²) < 4.78 is 10.5. The van der Waals surface area contributed by atoms with Gasteiger partial charge in [-0.1, -0.05) is 29.8 Å². The summed E-state index contributed by atoms with van der Waals surface area (Å²) in [7, 11) is 3.21. The second-order valence-electron chi connectivity index (χ2n) is 5.72. The van der Waals surface area contributed by atoms with Crippen molar-refractivity contribution >= 4 is 29.3 Å². The number of carbonyl (C=O) groups is 1. The minimum absolute atomic E-state index is 0.0585. The van der Waals surface area contributed by atoms with Crippen LogP contribution in [-0.2, 0) is 17.0 Å². The molecule has 0 aromatic heterocycles. The summed E-state index contributed by atoms with van der Waals surface area (Å²) in [5, 5.41) is 3.72. The Hall–Kier alpha value is -1.85. The third kappa shape index (κ3) is 6.81. The molecule has 0 atom stereocenters. The number of methoxy groups -OCH3 is 2. The highest BCUT2D eigenvalue weighted by molar-refractivity contribution is 7.98. The van der Waals surface area contributed by atoms with Gasteiger partial charge in [0.05, 0.1) is 14.2 Å². The second-order valence-corrected chi connectivity index (χ2v) is 7.26. The van der Waals surface area contributed by atoms with Crippen LogP contribution >= 0.6 is 23.4 Å². The molecule has 6 heteroatoms. The first-order valence-corrected chi connectivity index (χ1v) is 9.95. The van der Waals surface area contributed by atoms with Crippen LogP contribution in [0.1, 0.15) is 17.5 Å². The Morgan fingerprint density at radius 2 is 1.88 bits per heavy atom. The van der Waals surface area contributed by atoms with Crippen LogP contribution < -0.4 is 14.8 Å². The molecular weight excluding hydrogens is 370 g/mol. The highest BCUT2D eigenvalue weighted by Crippen LogP contribution is 2.27. The van der Waals surface area contributed by atoms with E-state index in [4.69, 9.17) is 21.1 Å². The lowest BCUT2D eigenvalue weighted by molar-refractivity contribution is -0.120. The number of halogens is 1. The summed E-state index contributed by atoms with van der Waals surface area (Å²) in [5.74, 6) is 3.19. The fourth-order valence-corrected chi connectivity index (χ4v) is 3.48. The van der Waals surface area contributed by atoms with Gasteiger partial charge in [0.15, 0.2) is 11.5 Å². The van der Waals surface area contributed by atoms with E-state index in [1.165, 1.54) is 5.56 Å². The molecule has 2 rings (SSSR count). The molecule has 0 saturated carbocycles. The zero-order chi connectivity index (χ0) is 18.8. The molecule has 2 aromatic rings. The Balaban J connectivity index is 1.64. The van der Waals surface area contributed by atoms with Gasteiger partial charge < -0.3 is 14.8 Å².